The summed E-state index contributed by atoms with van der Waals surface area (Å²) in [5.41, 5.74) is 0.962. The number of methoxy groups -OCH3 is 2. The molecule has 2 aromatic carbocycles. The number of sulfonamides is 1. The molecule has 0 amide bonds. The lowest BCUT2D eigenvalue weighted by atomic mass is 10.2. The third kappa shape index (κ3) is 3.32. The number of hydrogen-bond donors (Lipinski definition) is 1. The highest BCUT2D eigenvalue weighted by Gasteiger charge is 2.19. The van der Waals surface area contributed by atoms with Crippen LogP contribution in [0.15, 0.2) is 51.9 Å². The summed E-state index contributed by atoms with van der Waals surface area (Å²) in [6.45, 7) is 0. The lowest BCUT2D eigenvalue weighted by Crippen LogP contribution is -2.12. The molecule has 0 bridgehead atoms. The molecule has 1 aromatic heterocycles. The number of benzene rings is 2. The quantitative estimate of drug-likeness (QED) is 0.739. The summed E-state index contributed by atoms with van der Waals surface area (Å²) < 4.78 is 39.0. The molecule has 8 nitrogen and oxygen atoms in total. The van der Waals surface area contributed by atoms with Crippen molar-refractivity contribution in [2.75, 3.05) is 14.2 Å². The van der Waals surface area contributed by atoms with Crippen LogP contribution in [0.4, 0.5) is 0 Å². The SMILES string of the molecule is COc1ccccc1-c1noc(-c2cc(S(N)(=O)=O)ccc2OC)n1. The molecular formula is C16H15N3O5S. The molecule has 2 N–H and O–H groups in total. The van der Waals surface area contributed by atoms with E-state index in [2.05, 4.69) is 10.1 Å². The van der Waals surface area contributed by atoms with Crippen molar-refractivity contribution in [1.29, 1.82) is 0 Å². The minimum absolute atomic E-state index is 0.0830. The maximum Gasteiger partial charge on any atom is 0.262 e. The number of nitrogens with zero attached hydrogens (tertiary/aromatic N) is 2. The summed E-state index contributed by atoms with van der Waals surface area (Å²) in [6, 6.07) is 11.3. The number of primary sulfonamides is 1. The van der Waals surface area contributed by atoms with Gasteiger partial charge in [0.1, 0.15) is 11.5 Å². The molecule has 0 spiro atoms. The minimum atomic E-state index is -3.88. The van der Waals surface area contributed by atoms with Crippen LogP contribution < -0.4 is 14.6 Å². The maximum absolute atomic E-state index is 11.6. The van der Waals surface area contributed by atoms with E-state index in [9.17, 15) is 8.42 Å². The molecule has 0 saturated carbocycles. The van der Waals surface area contributed by atoms with Crippen LogP contribution in [-0.2, 0) is 10.0 Å². The van der Waals surface area contributed by atoms with E-state index < -0.39 is 10.0 Å². The minimum Gasteiger partial charge on any atom is -0.496 e. The molecule has 0 fully saturated rings. The molecule has 3 aromatic rings. The van der Waals surface area contributed by atoms with Crippen LogP contribution in [0.3, 0.4) is 0 Å². The van der Waals surface area contributed by atoms with Crippen LogP contribution >= 0.6 is 0 Å². The molecule has 0 aliphatic carbocycles. The molecule has 1 heterocycles. The van der Waals surface area contributed by atoms with Gasteiger partial charge in [-0.15, -0.1) is 0 Å². The van der Waals surface area contributed by atoms with Gasteiger partial charge in [0.25, 0.3) is 5.89 Å². The Morgan fingerprint density at radius 2 is 1.68 bits per heavy atom. The summed E-state index contributed by atoms with van der Waals surface area (Å²) in [5.74, 6) is 1.36. The van der Waals surface area contributed by atoms with E-state index in [0.717, 1.165) is 0 Å². The molecule has 130 valence electrons. The third-order valence-corrected chi connectivity index (χ3v) is 4.41. The topological polar surface area (TPSA) is 118 Å². The van der Waals surface area contributed by atoms with Crippen LogP contribution in [0.25, 0.3) is 22.8 Å². The van der Waals surface area contributed by atoms with Crippen LogP contribution in [0.5, 0.6) is 11.5 Å². The highest BCUT2D eigenvalue weighted by molar-refractivity contribution is 7.89. The zero-order valence-corrected chi connectivity index (χ0v) is 14.3. The second kappa shape index (κ2) is 6.54. The Morgan fingerprint density at radius 3 is 2.36 bits per heavy atom. The van der Waals surface area contributed by atoms with Crippen molar-refractivity contribution in [1.82, 2.24) is 10.1 Å². The Morgan fingerprint density at radius 1 is 1.00 bits per heavy atom. The fraction of sp³-hybridized carbons (Fsp3) is 0.125. The maximum atomic E-state index is 11.6. The van der Waals surface area contributed by atoms with Gasteiger partial charge in [-0.25, -0.2) is 13.6 Å². The second-order valence-electron chi connectivity index (χ2n) is 5.03. The van der Waals surface area contributed by atoms with Crippen molar-refractivity contribution in [2.24, 2.45) is 5.14 Å². The average Bonchev–Trinajstić information content (AvgIpc) is 3.10. The first-order valence-corrected chi connectivity index (χ1v) is 8.67. The van der Waals surface area contributed by atoms with Crippen molar-refractivity contribution >= 4 is 10.0 Å². The normalized spacial score (nSPS) is 11.3. The molecule has 0 saturated heterocycles. The molecule has 0 aliphatic heterocycles. The Balaban J connectivity index is 2.11. The first kappa shape index (κ1) is 16.9. The van der Waals surface area contributed by atoms with E-state index in [-0.39, 0.29) is 10.8 Å². The third-order valence-electron chi connectivity index (χ3n) is 3.50. The van der Waals surface area contributed by atoms with E-state index in [0.29, 0.717) is 28.5 Å². The largest absolute Gasteiger partial charge is 0.496 e. The first-order valence-electron chi connectivity index (χ1n) is 7.12. The highest BCUT2D eigenvalue weighted by Crippen LogP contribution is 2.34. The summed E-state index contributed by atoms with van der Waals surface area (Å²) in [4.78, 5) is 4.23. The van der Waals surface area contributed by atoms with Crippen molar-refractivity contribution < 1.29 is 22.4 Å². The standard InChI is InChI=1S/C16H15N3O5S/c1-22-13-6-4-3-5-11(13)15-18-16(24-19-15)12-9-10(25(17,20)21)7-8-14(12)23-2/h3-9H,1-2H3,(H2,17,20,21). The molecule has 0 atom stereocenters. The number of para-hydroxylation sites is 1. The lowest BCUT2D eigenvalue weighted by molar-refractivity contribution is 0.404. The smallest absolute Gasteiger partial charge is 0.262 e. The van der Waals surface area contributed by atoms with Crippen molar-refractivity contribution in [3.8, 4) is 34.3 Å². The van der Waals surface area contributed by atoms with Crippen molar-refractivity contribution in [3.63, 3.8) is 0 Å². The average molecular weight is 361 g/mol. The monoisotopic (exact) mass is 361 g/mol. The van der Waals surface area contributed by atoms with Crippen LogP contribution in [0.2, 0.25) is 0 Å². The van der Waals surface area contributed by atoms with Gasteiger partial charge < -0.3 is 14.0 Å². The van der Waals surface area contributed by atoms with Gasteiger partial charge in [0.2, 0.25) is 15.8 Å². The van der Waals surface area contributed by atoms with E-state index in [1.54, 1.807) is 19.2 Å². The molecule has 0 aliphatic rings. The fourth-order valence-corrected chi connectivity index (χ4v) is 2.84. The van der Waals surface area contributed by atoms with Gasteiger partial charge in [-0.05, 0) is 30.3 Å². The molecule has 3 rings (SSSR count). The van der Waals surface area contributed by atoms with Gasteiger partial charge in [-0.2, -0.15) is 4.98 Å². The summed E-state index contributed by atoms with van der Waals surface area (Å²) in [6.07, 6.45) is 0. The lowest BCUT2D eigenvalue weighted by Gasteiger charge is -2.06. The Kier molecular flexibility index (Phi) is 4.43. The van der Waals surface area contributed by atoms with Gasteiger partial charge in [0.05, 0.1) is 30.2 Å². The fourth-order valence-electron chi connectivity index (χ4n) is 2.30. The van der Waals surface area contributed by atoms with Gasteiger partial charge in [0, 0.05) is 0 Å². The van der Waals surface area contributed by atoms with Gasteiger partial charge in [-0.3, -0.25) is 0 Å². The zero-order valence-electron chi connectivity index (χ0n) is 13.5. The van der Waals surface area contributed by atoms with E-state index >= 15 is 0 Å². The summed E-state index contributed by atoms with van der Waals surface area (Å²) in [5, 5.41) is 9.11. The number of hydrogen-bond acceptors (Lipinski definition) is 7. The Labute approximate surface area is 144 Å². The number of rotatable bonds is 5. The number of aromatic nitrogens is 2. The second-order valence-corrected chi connectivity index (χ2v) is 6.59. The first-order chi connectivity index (χ1) is 11.9. The number of ether oxygens (including phenoxy) is 2. The molecule has 0 unspecified atom stereocenters. The van der Waals surface area contributed by atoms with Crippen LogP contribution in [-0.4, -0.2) is 32.8 Å². The van der Waals surface area contributed by atoms with Crippen molar-refractivity contribution in [3.05, 3.63) is 42.5 Å². The van der Waals surface area contributed by atoms with E-state index in [1.165, 1.54) is 25.3 Å². The molecule has 0 radical (unpaired) electrons. The molecule has 25 heavy (non-hydrogen) atoms. The summed E-state index contributed by atoms with van der Waals surface area (Å²) in [7, 11) is -0.888. The predicted octanol–water partition coefficient (Wildman–Crippen LogP) is 2.07. The Bertz CT molecular complexity index is 1010. The molecular weight excluding hydrogens is 346 g/mol. The van der Waals surface area contributed by atoms with E-state index in [4.69, 9.17) is 19.1 Å². The Hall–Kier alpha value is -2.91. The van der Waals surface area contributed by atoms with E-state index in [1.807, 2.05) is 12.1 Å². The number of nitrogens with two attached hydrogens (primary N) is 1. The van der Waals surface area contributed by atoms with Gasteiger partial charge >= 0.3 is 0 Å². The van der Waals surface area contributed by atoms with Gasteiger partial charge in [0.15, 0.2) is 0 Å². The highest BCUT2D eigenvalue weighted by atomic mass is 32.2. The van der Waals surface area contributed by atoms with Crippen LogP contribution in [0.1, 0.15) is 0 Å². The van der Waals surface area contributed by atoms with Gasteiger partial charge in [-0.1, -0.05) is 17.3 Å². The summed E-state index contributed by atoms with van der Waals surface area (Å²) >= 11 is 0. The van der Waals surface area contributed by atoms with Crippen LogP contribution in [0, 0.1) is 0 Å². The zero-order chi connectivity index (χ0) is 18.0. The van der Waals surface area contributed by atoms with Crippen molar-refractivity contribution in [2.45, 2.75) is 4.90 Å². The predicted molar refractivity (Wildman–Crippen MR) is 89.6 cm³/mol. The molecule has 9 heteroatoms.